The van der Waals surface area contributed by atoms with E-state index in [9.17, 15) is 0 Å². The molecule has 3 N–H and O–H groups in total. The lowest BCUT2D eigenvalue weighted by atomic mass is 10.2. The van der Waals surface area contributed by atoms with Crippen LogP contribution in [0.2, 0.25) is 0 Å². The molecule has 0 saturated carbocycles. The van der Waals surface area contributed by atoms with Crippen molar-refractivity contribution in [3.8, 4) is 0 Å². The highest BCUT2D eigenvalue weighted by Gasteiger charge is 1.99. The smallest absolute Gasteiger partial charge is 0.198 e. The fourth-order valence-electron chi connectivity index (χ4n) is 1.57. The third-order valence-electron chi connectivity index (χ3n) is 2.38. The van der Waals surface area contributed by atoms with Gasteiger partial charge in [0.05, 0.1) is 5.69 Å². The van der Waals surface area contributed by atoms with Crippen LogP contribution in [-0.4, -0.2) is 5.96 Å². The summed E-state index contributed by atoms with van der Waals surface area (Å²) < 4.78 is 1.07. The molecule has 0 saturated heterocycles. The molecule has 2 aromatic rings. The van der Waals surface area contributed by atoms with Crippen molar-refractivity contribution in [2.45, 2.75) is 6.92 Å². The van der Waals surface area contributed by atoms with Crippen LogP contribution in [0.15, 0.2) is 53.5 Å². The van der Waals surface area contributed by atoms with Gasteiger partial charge in [-0.3, -0.25) is 0 Å². The second-order valence-corrected chi connectivity index (χ2v) is 5.11. The molecule has 0 amide bonds. The molecule has 0 spiro atoms. The monoisotopic (exact) mass is 351 g/mol. The molecule has 0 unspecified atom stereocenters. The highest BCUT2D eigenvalue weighted by molar-refractivity contribution is 14.1. The largest absolute Gasteiger partial charge is 0.369 e. The summed E-state index contributed by atoms with van der Waals surface area (Å²) in [4.78, 5) is 4.36. The second-order valence-electron chi connectivity index (χ2n) is 3.94. The fraction of sp³-hybridized carbons (Fsp3) is 0.0714. The number of guanidine groups is 1. The normalized spacial score (nSPS) is 11.3. The van der Waals surface area contributed by atoms with Gasteiger partial charge in [-0.05, 0) is 59.3 Å². The minimum Gasteiger partial charge on any atom is -0.369 e. The van der Waals surface area contributed by atoms with Crippen LogP contribution in [0.25, 0.3) is 0 Å². The third kappa shape index (κ3) is 3.46. The predicted molar refractivity (Wildman–Crippen MR) is 85.2 cm³/mol. The van der Waals surface area contributed by atoms with Crippen molar-refractivity contribution in [2.75, 3.05) is 5.32 Å². The summed E-state index contributed by atoms with van der Waals surface area (Å²) in [7, 11) is 0. The first-order chi connectivity index (χ1) is 8.65. The van der Waals surface area contributed by atoms with Gasteiger partial charge < -0.3 is 11.1 Å². The van der Waals surface area contributed by atoms with Crippen LogP contribution < -0.4 is 11.1 Å². The lowest BCUT2D eigenvalue weighted by molar-refractivity contribution is 1.41. The standard InChI is InChI=1S/C14H14IN3/c1-10-5-4-6-11(9-10)17-14(16)18-13-8-3-2-7-12(13)15/h2-9H,1H3,(H3,16,17,18). The number of rotatable bonds is 2. The number of anilines is 1. The highest BCUT2D eigenvalue weighted by atomic mass is 127. The molecule has 18 heavy (non-hydrogen) atoms. The molecule has 0 fully saturated rings. The van der Waals surface area contributed by atoms with Crippen LogP contribution in [0.5, 0.6) is 0 Å². The SMILES string of the molecule is Cc1cccc(NC(N)=Nc2ccccc2I)c1. The molecular formula is C14H14IN3. The average molecular weight is 351 g/mol. The number of aliphatic imine (C=N–C) groups is 1. The van der Waals surface area contributed by atoms with Crippen molar-refractivity contribution in [3.63, 3.8) is 0 Å². The zero-order valence-electron chi connectivity index (χ0n) is 10.0. The Kier molecular flexibility index (Phi) is 4.19. The molecular weight excluding hydrogens is 337 g/mol. The molecule has 0 radical (unpaired) electrons. The highest BCUT2D eigenvalue weighted by Crippen LogP contribution is 2.20. The van der Waals surface area contributed by atoms with E-state index < -0.39 is 0 Å². The number of benzene rings is 2. The van der Waals surface area contributed by atoms with Gasteiger partial charge in [-0.15, -0.1) is 0 Å². The van der Waals surface area contributed by atoms with E-state index in [0.717, 1.165) is 14.9 Å². The molecule has 0 aliphatic carbocycles. The van der Waals surface area contributed by atoms with Crippen LogP contribution in [0.4, 0.5) is 11.4 Å². The molecule has 2 aromatic carbocycles. The van der Waals surface area contributed by atoms with Gasteiger partial charge in [0.2, 0.25) is 0 Å². The van der Waals surface area contributed by atoms with Crippen LogP contribution in [0.3, 0.4) is 0 Å². The topological polar surface area (TPSA) is 50.4 Å². The Hall–Kier alpha value is -1.56. The molecule has 0 aromatic heterocycles. The number of nitrogens with two attached hydrogens (primary N) is 1. The van der Waals surface area contributed by atoms with Crippen molar-refractivity contribution in [1.29, 1.82) is 0 Å². The van der Waals surface area contributed by atoms with Crippen molar-refractivity contribution < 1.29 is 0 Å². The Morgan fingerprint density at radius 1 is 1.17 bits per heavy atom. The van der Waals surface area contributed by atoms with E-state index in [1.165, 1.54) is 5.56 Å². The maximum atomic E-state index is 5.89. The van der Waals surface area contributed by atoms with Gasteiger partial charge in [-0.25, -0.2) is 4.99 Å². The number of para-hydroxylation sites is 1. The Morgan fingerprint density at radius 3 is 2.67 bits per heavy atom. The number of hydrogen-bond acceptors (Lipinski definition) is 1. The maximum absolute atomic E-state index is 5.89. The van der Waals surface area contributed by atoms with Crippen molar-refractivity contribution in [1.82, 2.24) is 0 Å². The van der Waals surface area contributed by atoms with E-state index in [-0.39, 0.29) is 0 Å². The van der Waals surface area contributed by atoms with Crippen LogP contribution in [0, 0.1) is 10.5 Å². The van der Waals surface area contributed by atoms with Crippen molar-refractivity contribution in [2.24, 2.45) is 10.7 Å². The van der Waals surface area contributed by atoms with Gasteiger partial charge in [0, 0.05) is 9.26 Å². The van der Waals surface area contributed by atoms with E-state index in [1.54, 1.807) is 0 Å². The van der Waals surface area contributed by atoms with Crippen LogP contribution >= 0.6 is 22.6 Å². The zero-order valence-corrected chi connectivity index (χ0v) is 12.2. The quantitative estimate of drug-likeness (QED) is 0.493. The fourth-order valence-corrected chi connectivity index (χ4v) is 2.08. The van der Waals surface area contributed by atoms with Crippen LogP contribution in [-0.2, 0) is 0 Å². The van der Waals surface area contributed by atoms with E-state index in [2.05, 4.69) is 32.9 Å². The van der Waals surface area contributed by atoms with Crippen molar-refractivity contribution in [3.05, 3.63) is 57.7 Å². The Morgan fingerprint density at radius 2 is 1.94 bits per heavy atom. The molecule has 0 aliphatic rings. The number of nitrogens with zero attached hydrogens (tertiary/aromatic N) is 1. The first kappa shape index (κ1) is 12.9. The number of halogens is 1. The van der Waals surface area contributed by atoms with E-state index >= 15 is 0 Å². The summed E-state index contributed by atoms with van der Waals surface area (Å²) >= 11 is 2.24. The lowest BCUT2D eigenvalue weighted by Gasteiger charge is -2.06. The zero-order chi connectivity index (χ0) is 13.0. The third-order valence-corrected chi connectivity index (χ3v) is 3.30. The van der Waals surface area contributed by atoms with Crippen LogP contribution in [0.1, 0.15) is 5.56 Å². The number of aryl methyl sites for hydroxylation is 1. The summed E-state index contributed by atoms with van der Waals surface area (Å²) in [5.41, 5.74) is 8.89. The van der Waals surface area contributed by atoms with E-state index in [0.29, 0.717) is 5.96 Å². The summed E-state index contributed by atoms with van der Waals surface area (Å²) in [6.45, 7) is 2.04. The first-order valence-corrected chi connectivity index (χ1v) is 6.65. The molecule has 4 heteroatoms. The molecule has 3 nitrogen and oxygen atoms in total. The average Bonchev–Trinajstić information content (AvgIpc) is 2.32. The van der Waals surface area contributed by atoms with Gasteiger partial charge in [0.1, 0.15) is 0 Å². The molecule has 2 rings (SSSR count). The van der Waals surface area contributed by atoms with Gasteiger partial charge in [0.25, 0.3) is 0 Å². The Labute approximate surface area is 120 Å². The van der Waals surface area contributed by atoms with Crippen molar-refractivity contribution >= 4 is 39.9 Å². The number of nitrogens with one attached hydrogen (secondary N) is 1. The Bertz CT molecular complexity index is 579. The minimum atomic E-state index is 0.393. The molecule has 0 heterocycles. The maximum Gasteiger partial charge on any atom is 0.198 e. The van der Waals surface area contributed by atoms with Gasteiger partial charge in [-0.1, -0.05) is 24.3 Å². The first-order valence-electron chi connectivity index (χ1n) is 5.57. The Balaban J connectivity index is 2.17. The number of hydrogen-bond donors (Lipinski definition) is 2. The molecule has 0 atom stereocenters. The predicted octanol–water partition coefficient (Wildman–Crippen LogP) is 3.66. The summed E-state index contributed by atoms with van der Waals surface area (Å²) in [5, 5.41) is 3.08. The lowest BCUT2D eigenvalue weighted by Crippen LogP contribution is -2.22. The molecule has 92 valence electrons. The van der Waals surface area contributed by atoms with E-state index in [4.69, 9.17) is 5.73 Å². The molecule has 0 bridgehead atoms. The van der Waals surface area contributed by atoms with Gasteiger partial charge in [-0.2, -0.15) is 0 Å². The summed E-state index contributed by atoms with van der Waals surface area (Å²) in [6.07, 6.45) is 0. The second kappa shape index (κ2) is 5.86. The van der Waals surface area contributed by atoms with Gasteiger partial charge in [0.15, 0.2) is 5.96 Å². The molecule has 0 aliphatic heterocycles. The summed E-state index contributed by atoms with van der Waals surface area (Å²) in [6, 6.07) is 15.9. The van der Waals surface area contributed by atoms with E-state index in [1.807, 2.05) is 55.5 Å². The summed E-state index contributed by atoms with van der Waals surface area (Å²) in [5.74, 6) is 0.393. The minimum absolute atomic E-state index is 0.393. The van der Waals surface area contributed by atoms with Gasteiger partial charge >= 0.3 is 0 Å².